The molecular formula is C14H14N6O. The van der Waals surface area contributed by atoms with Crippen LogP contribution in [0.3, 0.4) is 0 Å². The fraction of sp³-hybridized carbons (Fsp3) is 0.143. The molecule has 7 nitrogen and oxygen atoms in total. The molecule has 7 heteroatoms. The molecule has 0 unspecified atom stereocenters. The Balaban J connectivity index is 2.05. The van der Waals surface area contributed by atoms with Crippen molar-refractivity contribution in [1.29, 1.82) is 0 Å². The Morgan fingerprint density at radius 3 is 2.76 bits per heavy atom. The van der Waals surface area contributed by atoms with Crippen LogP contribution >= 0.6 is 0 Å². The first-order valence-corrected chi connectivity index (χ1v) is 6.36. The first kappa shape index (κ1) is 13.2. The normalized spacial score (nSPS) is 10.7. The number of nitrogens with one attached hydrogen (secondary N) is 1. The van der Waals surface area contributed by atoms with E-state index in [0.717, 1.165) is 22.4 Å². The van der Waals surface area contributed by atoms with Crippen LogP contribution in [0.15, 0.2) is 36.5 Å². The van der Waals surface area contributed by atoms with Crippen molar-refractivity contribution in [2.75, 3.05) is 12.8 Å². The van der Waals surface area contributed by atoms with Crippen molar-refractivity contribution >= 4 is 5.69 Å². The van der Waals surface area contributed by atoms with Gasteiger partial charge in [-0.2, -0.15) is 0 Å². The van der Waals surface area contributed by atoms with Gasteiger partial charge in [0.05, 0.1) is 12.3 Å². The number of nitrogen functional groups attached to an aromatic ring is 1. The van der Waals surface area contributed by atoms with E-state index in [1.54, 1.807) is 13.3 Å². The van der Waals surface area contributed by atoms with E-state index in [1.807, 2.05) is 30.3 Å². The van der Waals surface area contributed by atoms with Crippen molar-refractivity contribution in [2.24, 2.45) is 0 Å². The summed E-state index contributed by atoms with van der Waals surface area (Å²) in [4.78, 5) is 4.37. The number of pyridine rings is 1. The second kappa shape index (κ2) is 5.68. The molecule has 0 fully saturated rings. The molecule has 1 aromatic carbocycles. The minimum Gasteiger partial charge on any atom is -0.399 e. The Bertz CT molecular complexity index is 724. The molecule has 21 heavy (non-hydrogen) atoms. The molecule has 106 valence electrons. The maximum Gasteiger partial charge on any atom is 0.180 e. The molecule has 2 heterocycles. The molecule has 0 saturated carbocycles. The number of methoxy groups -OCH3 is 1. The van der Waals surface area contributed by atoms with Crippen LogP contribution in [0.5, 0.6) is 0 Å². The molecule has 0 aliphatic carbocycles. The number of aromatic amines is 1. The summed E-state index contributed by atoms with van der Waals surface area (Å²) in [5, 5.41) is 13.9. The number of anilines is 1. The van der Waals surface area contributed by atoms with E-state index in [-0.39, 0.29) is 0 Å². The van der Waals surface area contributed by atoms with Crippen LogP contribution in [0.2, 0.25) is 0 Å². The molecule has 3 rings (SSSR count). The summed E-state index contributed by atoms with van der Waals surface area (Å²) in [7, 11) is 1.64. The van der Waals surface area contributed by atoms with E-state index in [4.69, 9.17) is 10.5 Å². The highest BCUT2D eigenvalue weighted by Gasteiger charge is 2.11. The Kier molecular flexibility index (Phi) is 3.57. The summed E-state index contributed by atoms with van der Waals surface area (Å²) in [6.45, 7) is 0.487. The third-order valence-electron chi connectivity index (χ3n) is 3.07. The van der Waals surface area contributed by atoms with Gasteiger partial charge >= 0.3 is 0 Å². The molecule has 0 aliphatic heterocycles. The standard InChI is InChI=1S/C14H14N6O/c1-21-8-11-4-2-9(7-16-11)12-5-3-10(15)6-13(12)14-17-19-20-18-14/h2-7H,8,15H2,1H3,(H,17,18,19,20). The minimum atomic E-state index is 0.487. The smallest absolute Gasteiger partial charge is 0.180 e. The highest BCUT2D eigenvalue weighted by Crippen LogP contribution is 2.31. The topological polar surface area (TPSA) is 103 Å². The van der Waals surface area contributed by atoms with E-state index in [2.05, 4.69) is 25.6 Å². The van der Waals surface area contributed by atoms with Crippen molar-refractivity contribution < 1.29 is 4.74 Å². The number of tetrazole rings is 1. The third kappa shape index (κ3) is 2.72. The molecule has 0 aliphatic rings. The molecule has 2 aromatic heterocycles. The Morgan fingerprint density at radius 2 is 2.10 bits per heavy atom. The van der Waals surface area contributed by atoms with Gasteiger partial charge in [-0.25, -0.2) is 5.10 Å². The molecule has 0 saturated heterocycles. The lowest BCUT2D eigenvalue weighted by Gasteiger charge is -2.08. The number of hydrogen-bond donors (Lipinski definition) is 2. The summed E-state index contributed by atoms with van der Waals surface area (Å²) in [6.07, 6.45) is 1.80. The SMILES string of the molecule is COCc1ccc(-c2ccc(N)cc2-c2nnn[nH]2)cn1. The predicted molar refractivity (Wildman–Crippen MR) is 78.0 cm³/mol. The monoisotopic (exact) mass is 282 g/mol. The second-order valence-electron chi connectivity index (χ2n) is 4.53. The van der Waals surface area contributed by atoms with Crippen molar-refractivity contribution in [2.45, 2.75) is 6.61 Å². The van der Waals surface area contributed by atoms with Gasteiger partial charge < -0.3 is 10.5 Å². The number of nitrogens with zero attached hydrogens (tertiary/aromatic N) is 4. The van der Waals surface area contributed by atoms with Crippen LogP contribution in [-0.4, -0.2) is 32.7 Å². The Labute approximate surface area is 121 Å². The van der Waals surface area contributed by atoms with Gasteiger partial charge in [0.1, 0.15) is 0 Å². The molecule has 0 spiro atoms. The number of nitrogens with two attached hydrogens (primary N) is 1. The van der Waals surface area contributed by atoms with Crippen molar-refractivity contribution in [3.63, 3.8) is 0 Å². The lowest BCUT2D eigenvalue weighted by molar-refractivity contribution is 0.181. The zero-order valence-electron chi connectivity index (χ0n) is 11.4. The van der Waals surface area contributed by atoms with Gasteiger partial charge in [-0.3, -0.25) is 4.98 Å². The Morgan fingerprint density at radius 1 is 1.19 bits per heavy atom. The molecular weight excluding hydrogens is 268 g/mol. The highest BCUT2D eigenvalue weighted by atomic mass is 16.5. The summed E-state index contributed by atoms with van der Waals surface area (Å²) in [5.41, 5.74) is 10.1. The van der Waals surface area contributed by atoms with Crippen LogP contribution in [0.25, 0.3) is 22.5 Å². The number of rotatable bonds is 4. The van der Waals surface area contributed by atoms with E-state index >= 15 is 0 Å². The fourth-order valence-electron chi connectivity index (χ4n) is 2.10. The molecule has 0 bridgehead atoms. The first-order valence-electron chi connectivity index (χ1n) is 6.36. The molecule has 0 radical (unpaired) electrons. The van der Waals surface area contributed by atoms with E-state index < -0.39 is 0 Å². The van der Waals surface area contributed by atoms with Gasteiger partial charge in [-0.15, -0.1) is 5.10 Å². The van der Waals surface area contributed by atoms with E-state index in [1.165, 1.54) is 0 Å². The average Bonchev–Trinajstić information content (AvgIpc) is 3.03. The third-order valence-corrected chi connectivity index (χ3v) is 3.07. The molecule has 3 aromatic rings. The highest BCUT2D eigenvalue weighted by molar-refractivity contribution is 5.82. The maximum absolute atomic E-state index is 5.86. The van der Waals surface area contributed by atoms with Crippen molar-refractivity contribution in [1.82, 2.24) is 25.6 Å². The second-order valence-corrected chi connectivity index (χ2v) is 4.53. The lowest BCUT2D eigenvalue weighted by Crippen LogP contribution is -1.94. The molecule has 0 amide bonds. The zero-order chi connectivity index (χ0) is 14.7. The van der Waals surface area contributed by atoms with Gasteiger partial charge in [-0.05, 0) is 34.2 Å². The Hall–Kier alpha value is -2.80. The zero-order valence-corrected chi connectivity index (χ0v) is 11.4. The van der Waals surface area contributed by atoms with Crippen LogP contribution < -0.4 is 5.73 Å². The minimum absolute atomic E-state index is 0.487. The number of benzene rings is 1. The number of hydrogen-bond acceptors (Lipinski definition) is 6. The predicted octanol–water partition coefficient (Wildman–Crippen LogP) is 1.66. The van der Waals surface area contributed by atoms with Crippen LogP contribution in [0, 0.1) is 0 Å². The van der Waals surface area contributed by atoms with E-state index in [9.17, 15) is 0 Å². The van der Waals surface area contributed by atoms with Gasteiger partial charge in [0.15, 0.2) is 5.82 Å². The number of aromatic nitrogens is 5. The fourth-order valence-corrected chi connectivity index (χ4v) is 2.10. The summed E-state index contributed by atoms with van der Waals surface area (Å²) >= 11 is 0. The van der Waals surface area contributed by atoms with Gasteiger partial charge in [0.25, 0.3) is 0 Å². The first-order chi connectivity index (χ1) is 10.3. The lowest BCUT2D eigenvalue weighted by atomic mass is 10.00. The average molecular weight is 282 g/mol. The van der Waals surface area contributed by atoms with Gasteiger partial charge in [0.2, 0.25) is 0 Å². The van der Waals surface area contributed by atoms with Crippen molar-refractivity contribution in [3.8, 4) is 22.5 Å². The number of ether oxygens (including phenoxy) is 1. The van der Waals surface area contributed by atoms with Crippen LogP contribution in [0.1, 0.15) is 5.69 Å². The quantitative estimate of drug-likeness (QED) is 0.705. The molecule has 0 atom stereocenters. The van der Waals surface area contributed by atoms with Crippen molar-refractivity contribution in [3.05, 3.63) is 42.2 Å². The summed E-state index contributed by atoms with van der Waals surface area (Å²) < 4.78 is 5.06. The van der Waals surface area contributed by atoms with Crippen LogP contribution in [0.4, 0.5) is 5.69 Å². The summed E-state index contributed by atoms with van der Waals surface area (Å²) in [6, 6.07) is 9.52. The summed E-state index contributed by atoms with van der Waals surface area (Å²) in [5.74, 6) is 0.568. The molecule has 3 N–H and O–H groups in total. The van der Waals surface area contributed by atoms with Gasteiger partial charge in [0, 0.05) is 30.1 Å². The number of H-pyrrole nitrogens is 1. The van der Waals surface area contributed by atoms with E-state index in [0.29, 0.717) is 18.1 Å². The van der Waals surface area contributed by atoms with Crippen LogP contribution in [-0.2, 0) is 11.3 Å². The van der Waals surface area contributed by atoms with Gasteiger partial charge in [-0.1, -0.05) is 12.1 Å². The maximum atomic E-state index is 5.86. The largest absolute Gasteiger partial charge is 0.399 e.